The first-order valence-corrected chi connectivity index (χ1v) is 11.4. The molecule has 2 fully saturated rings. The standard InChI is InChI=1S/C24H37NO6/c1-5-24(16-30-23(29)17(2)3)20-19(18(4)31-24)21(27)25(22(20)28)14-12-10-8-6-7-9-11-13-15-26/h5,18-20,26H,1-2,6-16H2,3-4H3. The molecule has 2 saturated heterocycles. The predicted molar refractivity (Wildman–Crippen MR) is 117 cm³/mol. The average Bonchev–Trinajstić information content (AvgIpc) is 3.18. The number of hydrogen-bond acceptors (Lipinski definition) is 6. The van der Waals surface area contributed by atoms with E-state index < -0.39 is 29.5 Å². The molecule has 0 aromatic heterocycles. The molecule has 4 atom stereocenters. The van der Waals surface area contributed by atoms with Crippen molar-refractivity contribution < 1.29 is 29.0 Å². The van der Waals surface area contributed by atoms with Crippen molar-refractivity contribution in [3.05, 3.63) is 24.8 Å². The molecule has 0 bridgehead atoms. The van der Waals surface area contributed by atoms with Crippen LogP contribution in [0, 0.1) is 11.8 Å². The highest BCUT2D eigenvalue weighted by molar-refractivity contribution is 6.06. The van der Waals surface area contributed by atoms with Crippen LogP contribution in [0.15, 0.2) is 24.8 Å². The number of aliphatic hydroxyl groups is 1. The molecule has 1 N–H and O–H groups in total. The Balaban J connectivity index is 1.90. The number of aliphatic hydroxyl groups excluding tert-OH is 1. The van der Waals surface area contributed by atoms with E-state index in [0.29, 0.717) is 6.54 Å². The van der Waals surface area contributed by atoms with Gasteiger partial charge in [0, 0.05) is 18.7 Å². The zero-order chi connectivity index (χ0) is 23.0. The summed E-state index contributed by atoms with van der Waals surface area (Å²) in [6, 6.07) is 0. The molecule has 174 valence electrons. The summed E-state index contributed by atoms with van der Waals surface area (Å²) in [5.74, 6) is -2.35. The van der Waals surface area contributed by atoms with Crippen molar-refractivity contribution in [2.24, 2.45) is 11.8 Å². The Morgan fingerprint density at radius 2 is 1.71 bits per heavy atom. The fourth-order valence-corrected chi connectivity index (χ4v) is 4.55. The Labute approximate surface area is 185 Å². The second-order valence-corrected chi connectivity index (χ2v) is 8.72. The number of amides is 2. The van der Waals surface area contributed by atoms with Gasteiger partial charge in [0.1, 0.15) is 12.2 Å². The fourth-order valence-electron chi connectivity index (χ4n) is 4.55. The Bertz CT molecular complexity index is 690. The van der Waals surface area contributed by atoms with Gasteiger partial charge in [-0.25, -0.2) is 4.79 Å². The molecule has 0 saturated carbocycles. The molecule has 7 heteroatoms. The molecule has 2 aliphatic rings. The summed E-state index contributed by atoms with van der Waals surface area (Å²) in [6.07, 6.45) is 9.14. The number of unbranched alkanes of at least 4 members (excludes halogenated alkanes) is 7. The van der Waals surface area contributed by atoms with Crippen molar-refractivity contribution in [1.82, 2.24) is 4.90 Å². The van der Waals surface area contributed by atoms with Gasteiger partial charge in [-0.15, -0.1) is 6.58 Å². The highest BCUT2D eigenvalue weighted by Gasteiger charge is 2.64. The predicted octanol–water partition coefficient (Wildman–Crippen LogP) is 3.16. The normalized spacial score (nSPS) is 27.5. The summed E-state index contributed by atoms with van der Waals surface area (Å²) in [7, 11) is 0. The van der Waals surface area contributed by atoms with Gasteiger partial charge in [0.15, 0.2) is 0 Å². The average molecular weight is 436 g/mol. The Hall–Kier alpha value is -1.99. The van der Waals surface area contributed by atoms with Crippen LogP contribution in [0.25, 0.3) is 0 Å². The van der Waals surface area contributed by atoms with Crippen LogP contribution >= 0.6 is 0 Å². The van der Waals surface area contributed by atoms with Crippen molar-refractivity contribution in [2.75, 3.05) is 19.8 Å². The van der Waals surface area contributed by atoms with E-state index in [0.717, 1.165) is 51.4 Å². The molecule has 2 rings (SSSR count). The van der Waals surface area contributed by atoms with E-state index in [2.05, 4.69) is 13.2 Å². The maximum absolute atomic E-state index is 13.2. The third kappa shape index (κ3) is 5.83. The largest absolute Gasteiger partial charge is 0.459 e. The SMILES string of the molecule is C=CC1(COC(=O)C(=C)C)OC(C)C2C(=O)N(CCCCCCCCCCO)C(=O)C21. The van der Waals surface area contributed by atoms with Crippen LogP contribution in [-0.4, -0.2) is 59.3 Å². The van der Waals surface area contributed by atoms with Crippen LogP contribution in [0.1, 0.15) is 65.2 Å². The molecule has 31 heavy (non-hydrogen) atoms. The number of nitrogens with zero attached hydrogens (tertiary/aromatic N) is 1. The number of hydrogen-bond donors (Lipinski definition) is 1. The number of likely N-dealkylation sites (tertiary alicyclic amines) is 1. The first-order valence-electron chi connectivity index (χ1n) is 11.4. The number of ether oxygens (including phenoxy) is 2. The second kappa shape index (κ2) is 11.6. The lowest BCUT2D eigenvalue weighted by molar-refractivity contribution is -0.155. The molecular formula is C24H37NO6. The maximum Gasteiger partial charge on any atom is 0.333 e. The van der Waals surface area contributed by atoms with Crippen molar-refractivity contribution in [2.45, 2.75) is 76.9 Å². The molecule has 0 aliphatic carbocycles. The summed E-state index contributed by atoms with van der Waals surface area (Å²) in [6.45, 7) is 11.2. The monoisotopic (exact) mass is 435 g/mol. The lowest BCUT2D eigenvalue weighted by Crippen LogP contribution is -2.45. The highest BCUT2D eigenvalue weighted by atomic mass is 16.6. The van der Waals surface area contributed by atoms with Crippen LogP contribution in [0.3, 0.4) is 0 Å². The number of fused-ring (bicyclic) bond motifs is 1. The molecule has 7 nitrogen and oxygen atoms in total. The fraction of sp³-hybridized carbons (Fsp3) is 0.708. The first-order chi connectivity index (χ1) is 14.8. The number of esters is 1. The van der Waals surface area contributed by atoms with Crippen LogP contribution < -0.4 is 0 Å². The molecule has 0 radical (unpaired) electrons. The van der Waals surface area contributed by atoms with Crippen molar-refractivity contribution in [3.63, 3.8) is 0 Å². The van der Waals surface area contributed by atoms with Crippen molar-refractivity contribution >= 4 is 17.8 Å². The number of carbonyl (C=O) groups is 3. The van der Waals surface area contributed by atoms with Gasteiger partial charge < -0.3 is 14.6 Å². The summed E-state index contributed by atoms with van der Waals surface area (Å²) < 4.78 is 11.3. The Kier molecular flexibility index (Phi) is 9.44. The third-order valence-corrected chi connectivity index (χ3v) is 6.29. The van der Waals surface area contributed by atoms with Crippen molar-refractivity contribution in [3.8, 4) is 0 Å². The first kappa shape index (κ1) is 25.3. The quantitative estimate of drug-likeness (QED) is 0.148. The van der Waals surface area contributed by atoms with Gasteiger partial charge in [0.2, 0.25) is 11.8 Å². The summed E-state index contributed by atoms with van der Waals surface area (Å²) >= 11 is 0. The minimum absolute atomic E-state index is 0.170. The lowest BCUT2D eigenvalue weighted by Gasteiger charge is -2.30. The summed E-state index contributed by atoms with van der Waals surface area (Å²) in [5.41, 5.74) is -0.948. The van der Waals surface area contributed by atoms with E-state index in [1.54, 1.807) is 13.8 Å². The highest BCUT2D eigenvalue weighted by Crippen LogP contribution is 2.47. The maximum atomic E-state index is 13.2. The van der Waals surface area contributed by atoms with Gasteiger partial charge in [0.05, 0.1) is 17.9 Å². The lowest BCUT2D eigenvalue weighted by atomic mass is 9.81. The minimum atomic E-state index is -1.20. The zero-order valence-corrected chi connectivity index (χ0v) is 18.9. The molecule has 0 spiro atoms. The number of imide groups is 1. The van der Waals surface area contributed by atoms with E-state index in [-0.39, 0.29) is 30.6 Å². The van der Waals surface area contributed by atoms with Gasteiger partial charge in [-0.05, 0) is 26.7 Å². The van der Waals surface area contributed by atoms with E-state index in [1.165, 1.54) is 11.0 Å². The van der Waals surface area contributed by atoms with Crippen LogP contribution in [0.2, 0.25) is 0 Å². The third-order valence-electron chi connectivity index (χ3n) is 6.29. The zero-order valence-electron chi connectivity index (χ0n) is 18.9. The van der Waals surface area contributed by atoms with E-state index in [4.69, 9.17) is 14.6 Å². The molecule has 0 aromatic rings. The molecule has 2 heterocycles. The van der Waals surface area contributed by atoms with Crippen LogP contribution in [-0.2, 0) is 23.9 Å². The molecule has 4 unspecified atom stereocenters. The molecule has 2 amide bonds. The van der Waals surface area contributed by atoms with Gasteiger partial charge in [-0.3, -0.25) is 14.5 Å². The van der Waals surface area contributed by atoms with Gasteiger partial charge in [-0.1, -0.05) is 51.2 Å². The minimum Gasteiger partial charge on any atom is -0.459 e. The Morgan fingerprint density at radius 1 is 1.13 bits per heavy atom. The van der Waals surface area contributed by atoms with Gasteiger partial charge >= 0.3 is 5.97 Å². The van der Waals surface area contributed by atoms with Crippen LogP contribution in [0.5, 0.6) is 0 Å². The topological polar surface area (TPSA) is 93.1 Å². The molecule has 2 aliphatic heterocycles. The molecular weight excluding hydrogens is 398 g/mol. The Morgan fingerprint density at radius 3 is 2.26 bits per heavy atom. The summed E-state index contributed by atoms with van der Waals surface area (Å²) in [5, 5.41) is 8.79. The van der Waals surface area contributed by atoms with E-state index >= 15 is 0 Å². The summed E-state index contributed by atoms with van der Waals surface area (Å²) in [4.78, 5) is 39.3. The van der Waals surface area contributed by atoms with E-state index in [9.17, 15) is 14.4 Å². The number of rotatable bonds is 14. The molecule has 0 aromatic carbocycles. The van der Waals surface area contributed by atoms with Crippen LogP contribution in [0.4, 0.5) is 0 Å². The smallest absolute Gasteiger partial charge is 0.333 e. The van der Waals surface area contributed by atoms with Gasteiger partial charge in [-0.2, -0.15) is 0 Å². The van der Waals surface area contributed by atoms with E-state index in [1.807, 2.05) is 0 Å². The second-order valence-electron chi connectivity index (χ2n) is 8.72. The van der Waals surface area contributed by atoms with Gasteiger partial charge in [0.25, 0.3) is 0 Å². The number of carbonyl (C=O) groups excluding carboxylic acids is 3. The van der Waals surface area contributed by atoms with Crippen molar-refractivity contribution in [1.29, 1.82) is 0 Å².